The van der Waals surface area contributed by atoms with Gasteiger partial charge in [0.15, 0.2) is 5.43 Å². The maximum Gasteiger partial charge on any atom is 0.344 e. The summed E-state index contributed by atoms with van der Waals surface area (Å²) in [5.41, 5.74) is 30.5. The molecule has 8 nitrogen and oxygen atoms in total. The van der Waals surface area contributed by atoms with Crippen LogP contribution in [0.4, 0.5) is 0 Å². The topological polar surface area (TPSA) is 121 Å². The molecule has 0 atom stereocenters. The van der Waals surface area contributed by atoms with E-state index in [0.717, 1.165) is 150 Å². The van der Waals surface area contributed by atoms with Crippen LogP contribution in [-0.4, -0.2) is 0 Å². The Kier molecular flexibility index (Phi) is 47.8. The van der Waals surface area contributed by atoms with Crippen molar-refractivity contribution in [1.82, 2.24) is 0 Å². The van der Waals surface area contributed by atoms with Crippen LogP contribution in [-0.2, 0) is 89.9 Å². The van der Waals surface area contributed by atoms with Gasteiger partial charge in [0, 0.05) is 27.8 Å². The minimum Gasteiger partial charge on any atom is -0.456 e. The third-order valence-electron chi connectivity index (χ3n) is 25.6. The van der Waals surface area contributed by atoms with Crippen LogP contribution in [0.5, 0.6) is 0 Å². The molecule has 0 radical (unpaired) electrons. The highest BCUT2D eigenvalue weighted by Gasteiger charge is 2.17. The Hall–Kier alpha value is -14.1. The summed E-state index contributed by atoms with van der Waals surface area (Å²) in [4.78, 5) is 49.6. The molecule has 0 aliphatic rings. The van der Waals surface area contributed by atoms with Gasteiger partial charge in [-0.05, 0) is 312 Å². The van der Waals surface area contributed by atoms with Crippen LogP contribution in [0, 0.1) is 0 Å². The van der Waals surface area contributed by atoms with E-state index in [1.54, 1.807) is 6.07 Å². The standard InChI is InChI=1S/C25H24O2.C22H22.C21H22O2.2C19H18O2.C18H18.6C2H6/c1-4-16-7-8-20-13-21(10-9-19(20)11-16)23-14-22-12-17(5-2)18(6-3)15-24(22)27-25(23)26;1-3-17-5-9-19(10-6-17)21-13-15-22(16-14-21)20-11-7-18(4-2)8-12-20;1-4-14-7-9-17(10-8-14)19-13-18-12-15(5-2)11-16(6-3)20(18)23-21(19)22;1-3-13-5-8-15(9-6-13)19-12-17(20)16-11-14(4-2)7-10-18(16)21-19;1-3-13-5-8-15(9-6-13)17-12-16-10-7-14(4-2)11-18(16)21-19(17)20;1-3-13-5-7-15-12-18-10-14(4-2)6-8-16(18)11-17(15)9-13;6*1-2/h7-15H,4-6H2,1-3H3;5-16H,3-4H2,1-2H3;7-13H,4-6H2,1-3H3;2*5-12H,3-4H2,1-2H3;5-12H,3-4H2,1-2H3;6*1-2H3. The quantitative estimate of drug-likeness (QED) is 0.0546. The maximum absolute atomic E-state index is 12.7. The maximum atomic E-state index is 12.7. The van der Waals surface area contributed by atoms with E-state index in [1.807, 2.05) is 180 Å². The second-order valence-electron chi connectivity index (χ2n) is 34.0. The summed E-state index contributed by atoms with van der Waals surface area (Å²) in [5.74, 6) is 0.624. The van der Waals surface area contributed by atoms with Crippen molar-refractivity contribution in [3.8, 4) is 67.0 Å². The van der Waals surface area contributed by atoms with Gasteiger partial charge in [-0.25, -0.2) is 14.4 Å². The van der Waals surface area contributed by atoms with Gasteiger partial charge >= 0.3 is 16.9 Å². The van der Waals surface area contributed by atoms with E-state index in [-0.39, 0.29) is 22.3 Å². The van der Waals surface area contributed by atoms with Crippen LogP contribution in [0.1, 0.15) is 258 Å². The summed E-state index contributed by atoms with van der Waals surface area (Å²) in [5, 5.41) is 11.3. The van der Waals surface area contributed by atoms with E-state index in [4.69, 9.17) is 17.7 Å². The van der Waals surface area contributed by atoms with E-state index in [1.165, 1.54) is 116 Å². The zero-order chi connectivity index (χ0) is 105. The molecular weight excluding hydrogens is 1760 g/mol. The Morgan fingerprint density at radius 3 is 0.861 bits per heavy atom. The highest BCUT2D eigenvalue weighted by atomic mass is 16.4. The van der Waals surface area contributed by atoms with Crippen LogP contribution in [0.15, 0.2) is 352 Å². The van der Waals surface area contributed by atoms with Crippen LogP contribution >= 0.6 is 0 Å². The molecule has 4 aromatic heterocycles. The van der Waals surface area contributed by atoms with E-state index in [0.29, 0.717) is 44.6 Å². The van der Waals surface area contributed by atoms with Crippen molar-refractivity contribution >= 4 is 76.2 Å². The van der Waals surface area contributed by atoms with E-state index in [9.17, 15) is 19.2 Å². The fourth-order valence-electron chi connectivity index (χ4n) is 17.0. The Labute approximate surface area is 859 Å². The van der Waals surface area contributed by atoms with Crippen molar-refractivity contribution < 1.29 is 17.7 Å². The molecule has 8 heteroatoms. The second-order valence-corrected chi connectivity index (χ2v) is 34.0. The zero-order valence-electron chi connectivity index (χ0n) is 91.2. The highest BCUT2D eigenvalue weighted by molar-refractivity contribution is 5.99. The monoisotopic (exact) mass is 1920 g/mol. The van der Waals surface area contributed by atoms with Crippen LogP contribution in [0.25, 0.3) is 143 Å². The summed E-state index contributed by atoms with van der Waals surface area (Å²) in [7, 11) is 0. The second kappa shape index (κ2) is 59.7. The molecule has 750 valence electrons. The SMILES string of the molecule is CC.CC.CC.CC.CC.CC.CCc1ccc(-c2cc(=O)c3cc(CC)ccc3o2)cc1.CCc1ccc(-c2cc3cc(CC)cc(CC)c3oc2=O)cc1.CCc1ccc(-c2cc3ccc(CC)cc3oc2=O)cc1.CCc1ccc(-c2ccc(-c3ccc(CC)cc3)cc2)cc1.CCc1ccc2cc(-c3cc4cc(CC)c(CC)cc4oc3=O)ccc2c1.CCc1ccc2cc3cc(CC)ccc3cc2c1. The lowest BCUT2D eigenvalue weighted by molar-refractivity contribution is 0.559. The van der Waals surface area contributed by atoms with E-state index >= 15 is 0 Å². The number of hydrogen-bond donors (Lipinski definition) is 0. The first-order valence-corrected chi connectivity index (χ1v) is 53.7. The van der Waals surface area contributed by atoms with E-state index in [2.05, 4.69) is 309 Å². The van der Waals surface area contributed by atoms with Gasteiger partial charge in [0.1, 0.15) is 28.1 Å². The number of benzene rings is 15. The highest BCUT2D eigenvalue weighted by Crippen LogP contribution is 2.34. The molecule has 0 N–H and O–H groups in total. The third-order valence-corrected chi connectivity index (χ3v) is 25.6. The van der Waals surface area contributed by atoms with Gasteiger partial charge in [0.25, 0.3) is 0 Å². The van der Waals surface area contributed by atoms with Gasteiger partial charge < -0.3 is 17.7 Å². The first kappa shape index (κ1) is 115. The molecule has 15 aromatic carbocycles. The lowest BCUT2D eigenvalue weighted by Gasteiger charge is -2.09. The summed E-state index contributed by atoms with van der Waals surface area (Å²) in [6, 6.07) is 110. The lowest BCUT2D eigenvalue weighted by Crippen LogP contribution is -2.04. The van der Waals surface area contributed by atoms with Crippen LogP contribution in [0.3, 0.4) is 0 Å². The first-order chi connectivity index (χ1) is 70.3. The summed E-state index contributed by atoms with van der Waals surface area (Å²) in [6.07, 6.45) is 14.0. The molecule has 0 fully saturated rings. The largest absolute Gasteiger partial charge is 0.456 e. The Bertz CT molecular complexity index is 7340. The number of rotatable bonds is 20. The van der Waals surface area contributed by atoms with Crippen molar-refractivity contribution in [3.63, 3.8) is 0 Å². The molecule has 19 aromatic rings. The van der Waals surface area contributed by atoms with Gasteiger partial charge in [-0.2, -0.15) is 0 Å². The van der Waals surface area contributed by atoms with Crippen LogP contribution < -0.4 is 22.3 Å². The molecule has 0 aliphatic heterocycles. The summed E-state index contributed by atoms with van der Waals surface area (Å²) in [6.45, 7) is 54.0. The first-order valence-electron chi connectivity index (χ1n) is 53.7. The molecule has 4 heterocycles. The van der Waals surface area contributed by atoms with Gasteiger partial charge in [-0.1, -0.05) is 417 Å². The number of hydrogen-bond acceptors (Lipinski definition) is 8. The van der Waals surface area contributed by atoms with Crippen molar-refractivity contribution in [1.29, 1.82) is 0 Å². The Morgan fingerprint density at radius 1 is 0.167 bits per heavy atom. The van der Waals surface area contributed by atoms with Gasteiger partial charge in [0.2, 0.25) is 0 Å². The predicted molar refractivity (Wildman–Crippen MR) is 627 cm³/mol. The molecule has 19 rings (SSSR count). The summed E-state index contributed by atoms with van der Waals surface area (Å²) < 4.78 is 22.7. The van der Waals surface area contributed by atoms with Crippen molar-refractivity contribution in [3.05, 3.63) is 435 Å². The van der Waals surface area contributed by atoms with Crippen molar-refractivity contribution in [2.24, 2.45) is 0 Å². The molecule has 0 saturated carbocycles. The van der Waals surface area contributed by atoms with Crippen molar-refractivity contribution in [2.75, 3.05) is 0 Å². The average Bonchev–Trinajstić information content (AvgIpc) is 0.808. The predicted octanol–water partition coefficient (Wildman–Crippen LogP) is 38.0. The number of fused-ring (bicyclic) bond motifs is 7. The van der Waals surface area contributed by atoms with Crippen molar-refractivity contribution in [2.45, 2.75) is 270 Å². The Morgan fingerprint density at radius 2 is 0.451 bits per heavy atom. The normalized spacial score (nSPS) is 10.4. The average molecular weight is 1920 g/mol. The molecule has 0 spiro atoms. The molecule has 0 saturated heterocycles. The lowest BCUT2D eigenvalue weighted by atomic mass is 9.97. The Balaban J connectivity index is 0.000000207. The molecule has 0 bridgehead atoms. The minimum atomic E-state index is -0.279. The molecule has 0 unspecified atom stereocenters. The summed E-state index contributed by atoms with van der Waals surface area (Å²) >= 11 is 0. The fourth-order valence-corrected chi connectivity index (χ4v) is 17.0. The van der Waals surface area contributed by atoms with Crippen LogP contribution in [0.2, 0.25) is 0 Å². The van der Waals surface area contributed by atoms with Gasteiger partial charge in [-0.15, -0.1) is 0 Å². The van der Waals surface area contributed by atoms with Gasteiger partial charge in [-0.3, -0.25) is 4.79 Å². The van der Waals surface area contributed by atoms with E-state index < -0.39 is 0 Å². The smallest absolute Gasteiger partial charge is 0.344 e. The molecular formula is C136H158O8. The fraction of sp³-hybridized carbons (Fsp3) is 0.294. The molecule has 0 amide bonds. The van der Waals surface area contributed by atoms with Gasteiger partial charge in [0.05, 0.1) is 22.1 Å². The third kappa shape index (κ3) is 30.5. The number of aryl methyl sites for hydroxylation is 14. The molecule has 144 heavy (non-hydrogen) atoms. The molecule has 0 aliphatic carbocycles. The minimum absolute atomic E-state index is 0.0149. The zero-order valence-corrected chi connectivity index (χ0v) is 91.2.